The zero-order valence-electron chi connectivity index (χ0n) is 21.5. The third-order valence-corrected chi connectivity index (χ3v) is 6.27. The maximum atomic E-state index is 12.9. The van der Waals surface area contributed by atoms with E-state index in [4.69, 9.17) is 13.6 Å². The first-order valence-corrected chi connectivity index (χ1v) is 10.9. The lowest BCUT2D eigenvalue weighted by molar-refractivity contribution is -0.139. The highest BCUT2D eigenvalue weighted by Crippen LogP contribution is 2.41. The number of aromatic nitrogens is 1. The zero-order valence-corrected chi connectivity index (χ0v) is 18.5. The average Bonchev–Trinajstić information content (AvgIpc) is 3.30. The number of H-pyrrole nitrogens is 1. The van der Waals surface area contributed by atoms with E-state index in [0.717, 1.165) is 11.1 Å². The van der Waals surface area contributed by atoms with Crippen molar-refractivity contribution < 1.29 is 36.7 Å². The number of carboxylic acid groups (broad SMARTS) is 1. The normalized spacial score (nSPS) is 21.0. The molecule has 3 aromatic rings. The van der Waals surface area contributed by atoms with E-state index in [9.17, 15) is 23.1 Å². The molecule has 2 aromatic carbocycles. The Morgan fingerprint density at radius 1 is 1.29 bits per heavy atom. The molecule has 0 radical (unpaired) electrons. The van der Waals surface area contributed by atoms with Crippen molar-refractivity contribution in [3.05, 3.63) is 59.3 Å². The third kappa shape index (κ3) is 5.14. The van der Waals surface area contributed by atoms with Crippen LogP contribution in [0.3, 0.4) is 0 Å². The fourth-order valence-corrected chi connectivity index (χ4v) is 4.52. The van der Waals surface area contributed by atoms with Crippen LogP contribution in [0.1, 0.15) is 44.4 Å². The molecule has 1 aliphatic rings. The molecule has 6 nitrogen and oxygen atoms in total. The summed E-state index contributed by atoms with van der Waals surface area (Å²) in [7, 11) is -2.72. The summed E-state index contributed by atoms with van der Waals surface area (Å²) in [6, 6.07) is 9.50. The molecular formula is C25H27F3N2O4. The number of piperidine rings is 1. The average molecular weight is 480 g/mol. The minimum atomic E-state index is -4.28. The van der Waals surface area contributed by atoms with Gasteiger partial charge in [-0.25, -0.2) is 4.79 Å². The highest BCUT2D eigenvalue weighted by atomic mass is 19.4. The van der Waals surface area contributed by atoms with E-state index in [-0.39, 0.29) is 30.2 Å². The van der Waals surface area contributed by atoms with Gasteiger partial charge in [0, 0.05) is 37.1 Å². The van der Waals surface area contributed by atoms with E-state index in [0.29, 0.717) is 23.9 Å². The van der Waals surface area contributed by atoms with Crippen LogP contribution >= 0.6 is 0 Å². The Balaban J connectivity index is 1.69. The molecule has 2 N–H and O–H groups in total. The van der Waals surface area contributed by atoms with E-state index < -0.39 is 37.6 Å². The van der Waals surface area contributed by atoms with Gasteiger partial charge in [-0.2, -0.15) is 13.2 Å². The Hall–Kier alpha value is -3.20. The number of hydrogen-bond acceptors (Lipinski definition) is 4. The number of ether oxygens (including phenoxy) is 2. The second-order valence-electron chi connectivity index (χ2n) is 8.53. The first-order chi connectivity index (χ1) is 17.3. The number of hydrogen-bond donors (Lipinski definition) is 2. The number of halogens is 3. The smallest absolute Gasteiger partial charge is 0.390 e. The number of nitrogens with one attached hydrogen (secondary N) is 1. The number of rotatable bonds is 7. The van der Waals surface area contributed by atoms with Crippen molar-refractivity contribution in [2.75, 3.05) is 26.7 Å². The number of aryl methyl sites for hydroxylation is 1. The van der Waals surface area contributed by atoms with Gasteiger partial charge in [-0.1, -0.05) is 12.1 Å². The molecule has 2 atom stereocenters. The molecule has 1 aliphatic heterocycles. The Morgan fingerprint density at radius 2 is 2.06 bits per heavy atom. The minimum Gasteiger partial charge on any atom is -0.493 e. The predicted molar refractivity (Wildman–Crippen MR) is 122 cm³/mol. The highest BCUT2D eigenvalue weighted by molar-refractivity contribution is 5.91. The quantitative estimate of drug-likeness (QED) is 0.477. The van der Waals surface area contributed by atoms with Gasteiger partial charge in [-0.3, -0.25) is 0 Å². The summed E-state index contributed by atoms with van der Waals surface area (Å²) < 4.78 is 73.1. The number of fused-ring (bicyclic) bond motifs is 1. The van der Waals surface area contributed by atoms with Crippen LogP contribution in [0.15, 0.2) is 42.6 Å². The van der Waals surface area contributed by atoms with Gasteiger partial charge in [0.2, 0.25) is 0 Å². The fraction of sp³-hybridized carbons (Fsp3) is 0.400. The van der Waals surface area contributed by atoms with Gasteiger partial charge in [0.05, 0.1) is 28.7 Å². The van der Waals surface area contributed by atoms with Gasteiger partial charge >= 0.3 is 12.1 Å². The maximum Gasteiger partial charge on any atom is 0.390 e. The van der Waals surface area contributed by atoms with Gasteiger partial charge in [0.25, 0.3) is 0 Å². The van der Waals surface area contributed by atoms with Crippen LogP contribution in [0.2, 0.25) is 0 Å². The van der Waals surface area contributed by atoms with Gasteiger partial charge in [-0.15, -0.1) is 0 Å². The maximum absolute atomic E-state index is 12.9. The number of benzene rings is 2. The molecule has 0 amide bonds. The largest absolute Gasteiger partial charge is 0.493 e. The molecule has 1 saturated heterocycles. The molecule has 0 bridgehead atoms. The van der Waals surface area contributed by atoms with Crippen LogP contribution in [0.5, 0.6) is 11.5 Å². The van der Waals surface area contributed by atoms with Crippen molar-refractivity contribution in [3.8, 4) is 11.5 Å². The lowest BCUT2D eigenvalue weighted by Crippen LogP contribution is -2.45. The minimum absolute atomic E-state index is 0.0454. The van der Waals surface area contributed by atoms with E-state index in [1.54, 1.807) is 42.3 Å². The van der Waals surface area contributed by atoms with Crippen LogP contribution < -0.4 is 9.47 Å². The molecule has 1 fully saturated rings. The third-order valence-electron chi connectivity index (χ3n) is 6.27. The Morgan fingerprint density at radius 3 is 2.74 bits per heavy atom. The van der Waals surface area contributed by atoms with Crippen molar-refractivity contribution in [1.82, 2.24) is 9.88 Å². The monoisotopic (exact) mass is 479 g/mol. The van der Waals surface area contributed by atoms with E-state index >= 15 is 0 Å². The summed E-state index contributed by atoms with van der Waals surface area (Å²) in [6.07, 6.45) is -3.68. The van der Waals surface area contributed by atoms with Crippen LogP contribution in [0.4, 0.5) is 13.2 Å². The molecule has 1 aromatic heterocycles. The lowest BCUT2D eigenvalue weighted by Gasteiger charge is -2.39. The summed E-state index contributed by atoms with van der Waals surface area (Å²) in [5.74, 6) is -1.21. The molecule has 4 rings (SSSR count). The van der Waals surface area contributed by atoms with Crippen molar-refractivity contribution in [1.29, 1.82) is 0 Å². The van der Waals surface area contributed by atoms with Gasteiger partial charge in [0.1, 0.15) is 6.10 Å². The number of methoxy groups -OCH3 is 1. The number of aromatic carboxylic acids is 1. The second kappa shape index (κ2) is 9.58. The summed E-state index contributed by atoms with van der Waals surface area (Å²) in [5.41, 5.74) is 2.31. The number of likely N-dealkylation sites (tertiary alicyclic amines) is 1. The first-order valence-electron chi connectivity index (χ1n) is 12.4. The van der Waals surface area contributed by atoms with Gasteiger partial charge < -0.3 is 24.5 Å². The molecule has 2 heterocycles. The van der Waals surface area contributed by atoms with Gasteiger partial charge in [-0.05, 0) is 48.7 Å². The number of carbonyl (C=O) groups is 1. The predicted octanol–water partition coefficient (Wildman–Crippen LogP) is 5.37. The molecular weight excluding hydrogens is 449 g/mol. The molecule has 34 heavy (non-hydrogen) atoms. The van der Waals surface area contributed by atoms with E-state index in [1.165, 1.54) is 12.1 Å². The second-order valence-corrected chi connectivity index (χ2v) is 8.53. The highest BCUT2D eigenvalue weighted by Gasteiger charge is 2.35. The first kappa shape index (κ1) is 20.2. The number of alkyl halides is 3. The molecule has 9 heteroatoms. The van der Waals surface area contributed by atoms with Crippen molar-refractivity contribution in [2.45, 2.75) is 38.0 Å². The summed E-state index contributed by atoms with van der Waals surface area (Å²) >= 11 is 0. The van der Waals surface area contributed by atoms with E-state index in [1.807, 2.05) is 0 Å². The summed E-state index contributed by atoms with van der Waals surface area (Å²) in [4.78, 5) is 16.1. The Kier molecular flexibility index (Phi) is 5.69. The van der Waals surface area contributed by atoms with Crippen LogP contribution in [-0.4, -0.2) is 59.9 Å². The summed E-state index contributed by atoms with van der Waals surface area (Å²) in [5, 5.41) is 9.87. The standard InChI is InChI=1S/C25H27F3N2O4/c1-15-13-21(33-2)23(18-7-10-29-22(15)18)34-20-8-11-30(12-9-25(26,27)28)14-19(20)16-3-5-17(6-4-16)24(31)32/h3-7,10,13,19-20,29H,8-9,11-12,14H2,1-2H3,(H,31,32)/t19-,20+/m0/s1/i2D3. The van der Waals surface area contributed by atoms with Crippen LogP contribution in [0, 0.1) is 6.92 Å². The number of nitrogens with zero attached hydrogens (tertiary/aromatic N) is 1. The van der Waals surface area contributed by atoms with Gasteiger partial charge in [0.15, 0.2) is 11.5 Å². The molecule has 0 saturated carbocycles. The summed E-state index contributed by atoms with van der Waals surface area (Å²) in [6.45, 7) is 2.24. The van der Waals surface area contributed by atoms with Crippen molar-refractivity contribution in [2.24, 2.45) is 0 Å². The van der Waals surface area contributed by atoms with Crippen molar-refractivity contribution in [3.63, 3.8) is 0 Å². The topological polar surface area (TPSA) is 74.8 Å². The van der Waals surface area contributed by atoms with Crippen molar-refractivity contribution >= 4 is 16.9 Å². The molecule has 0 unspecified atom stereocenters. The van der Waals surface area contributed by atoms with Crippen LogP contribution in [-0.2, 0) is 0 Å². The number of aromatic amines is 1. The lowest BCUT2D eigenvalue weighted by atomic mass is 9.87. The molecule has 182 valence electrons. The molecule has 0 aliphatic carbocycles. The van der Waals surface area contributed by atoms with Crippen LogP contribution in [0.25, 0.3) is 10.9 Å². The Bertz CT molecular complexity index is 1260. The SMILES string of the molecule is [2H]C([2H])([2H])Oc1cc(C)c2[nH]ccc2c1O[C@@H]1CCN(CCC(F)(F)F)C[C@H]1c1ccc(C(=O)O)cc1. The van der Waals surface area contributed by atoms with E-state index in [2.05, 4.69) is 4.98 Å². The number of carboxylic acids is 1. The Labute approximate surface area is 199 Å². The molecule has 0 spiro atoms. The fourth-order valence-electron chi connectivity index (χ4n) is 4.52. The zero-order chi connectivity index (χ0) is 27.0.